The Balaban J connectivity index is 2.10. The van der Waals surface area contributed by atoms with Crippen LogP contribution in [-0.4, -0.2) is 19.1 Å². The average molecular weight is 284 g/mol. The molecule has 3 N–H and O–H groups in total. The lowest BCUT2D eigenvalue weighted by Crippen LogP contribution is -2.12. The molecular weight excluding hydrogens is 264 g/mol. The van der Waals surface area contributed by atoms with Crippen LogP contribution in [0.15, 0.2) is 48.5 Å². The summed E-state index contributed by atoms with van der Waals surface area (Å²) in [7, 11) is 0. The van der Waals surface area contributed by atoms with E-state index in [-0.39, 0.29) is 5.91 Å². The van der Waals surface area contributed by atoms with Crippen LogP contribution in [0.25, 0.3) is 0 Å². The van der Waals surface area contributed by atoms with Gasteiger partial charge in [-0.15, -0.1) is 0 Å². The summed E-state index contributed by atoms with van der Waals surface area (Å²) in [6, 6.07) is 14.9. The largest absolute Gasteiger partial charge is 0.494 e. The topological polar surface area (TPSA) is 64.3 Å². The Morgan fingerprint density at radius 3 is 2.76 bits per heavy atom. The van der Waals surface area contributed by atoms with Crippen molar-refractivity contribution < 1.29 is 9.53 Å². The van der Waals surface area contributed by atoms with Gasteiger partial charge in [0.25, 0.3) is 5.91 Å². The molecule has 0 heterocycles. The van der Waals surface area contributed by atoms with Crippen LogP contribution in [0.2, 0.25) is 0 Å². The van der Waals surface area contributed by atoms with Gasteiger partial charge in [0.1, 0.15) is 5.75 Å². The van der Waals surface area contributed by atoms with Crippen LogP contribution in [0, 0.1) is 0 Å². The second-order valence-electron chi connectivity index (χ2n) is 4.65. The van der Waals surface area contributed by atoms with Gasteiger partial charge >= 0.3 is 0 Å². The molecule has 0 aromatic heterocycles. The number of rotatable bonds is 6. The van der Waals surface area contributed by atoms with E-state index in [1.807, 2.05) is 49.4 Å². The molecule has 1 amide bonds. The summed E-state index contributed by atoms with van der Waals surface area (Å²) in [4.78, 5) is 12.3. The number of nitrogens with one attached hydrogen (secondary N) is 1. The fourth-order valence-electron chi connectivity index (χ4n) is 2.07. The van der Waals surface area contributed by atoms with Crippen LogP contribution < -0.4 is 15.8 Å². The number of carbonyl (C=O) groups excluding carboxylic acids is 1. The van der Waals surface area contributed by atoms with Gasteiger partial charge in [-0.2, -0.15) is 0 Å². The van der Waals surface area contributed by atoms with E-state index in [0.717, 1.165) is 23.4 Å². The quantitative estimate of drug-likeness (QED) is 0.857. The van der Waals surface area contributed by atoms with Crippen molar-refractivity contribution in [1.82, 2.24) is 0 Å². The lowest BCUT2D eigenvalue weighted by molar-refractivity contribution is 0.102. The number of amides is 1. The maximum absolute atomic E-state index is 12.3. The minimum atomic E-state index is -0.137. The molecule has 4 heteroatoms. The summed E-state index contributed by atoms with van der Waals surface area (Å²) in [6.45, 7) is 3.09. The lowest BCUT2D eigenvalue weighted by Gasteiger charge is -2.09. The van der Waals surface area contributed by atoms with E-state index in [1.165, 1.54) is 0 Å². The SMILES string of the molecule is CCOc1cccc(NC(=O)c2cccc(CCN)c2)c1. The molecule has 0 aliphatic carbocycles. The third-order valence-corrected chi connectivity index (χ3v) is 3.03. The van der Waals surface area contributed by atoms with Gasteiger partial charge in [-0.1, -0.05) is 18.2 Å². The highest BCUT2D eigenvalue weighted by Crippen LogP contribution is 2.18. The van der Waals surface area contributed by atoms with Crippen LogP contribution in [0.1, 0.15) is 22.8 Å². The molecule has 0 atom stereocenters. The molecule has 0 unspecified atom stereocenters. The van der Waals surface area contributed by atoms with Crippen molar-refractivity contribution >= 4 is 11.6 Å². The third-order valence-electron chi connectivity index (χ3n) is 3.03. The van der Waals surface area contributed by atoms with Crippen LogP contribution in [0.3, 0.4) is 0 Å². The van der Waals surface area contributed by atoms with Crippen molar-refractivity contribution in [2.24, 2.45) is 5.73 Å². The van der Waals surface area contributed by atoms with Crippen LogP contribution in [0.5, 0.6) is 5.75 Å². The molecule has 4 nitrogen and oxygen atoms in total. The van der Waals surface area contributed by atoms with Crippen LogP contribution in [0.4, 0.5) is 5.69 Å². The van der Waals surface area contributed by atoms with Crippen molar-refractivity contribution in [1.29, 1.82) is 0 Å². The normalized spacial score (nSPS) is 10.2. The minimum absolute atomic E-state index is 0.137. The molecule has 0 fully saturated rings. The molecule has 0 bridgehead atoms. The predicted molar refractivity (Wildman–Crippen MR) is 84.8 cm³/mol. The molecular formula is C17H20N2O2. The number of carbonyl (C=O) groups is 1. The minimum Gasteiger partial charge on any atom is -0.494 e. The maximum atomic E-state index is 12.3. The molecule has 0 radical (unpaired) electrons. The zero-order valence-corrected chi connectivity index (χ0v) is 12.1. The molecule has 0 spiro atoms. The fourth-order valence-corrected chi connectivity index (χ4v) is 2.07. The van der Waals surface area contributed by atoms with Gasteiger partial charge in [-0.3, -0.25) is 4.79 Å². The van der Waals surface area contributed by atoms with Gasteiger partial charge in [0.05, 0.1) is 6.61 Å². The monoisotopic (exact) mass is 284 g/mol. The molecule has 0 aliphatic rings. The van der Waals surface area contributed by atoms with Crippen molar-refractivity contribution in [3.63, 3.8) is 0 Å². The van der Waals surface area contributed by atoms with E-state index in [0.29, 0.717) is 18.7 Å². The third kappa shape index (κ3) is 4.33. The Morgan fingerprint density at radius 1 is 1.19 bits per heavy atom. The van der Waals surface area contributed by atoms with Crippen molar-refractivity contribution in [2.45, 2.75) is 13.3 Å². The second kappa shape index (κ2) is 7.45. The summed E-state index contributed by atoms with van der Waals surface area (Å²) in [5, 5.41) is 2.88. The van der Waals surface area contributed by atoms with Crippen LogP contribution >= 0.6 is 0 Å². The second-order valence-corrected chi connectivity index (χ2v) is 4.65. The summed E-state index contributed by atoms with van der Waals surface area (Å²) >= 11 is 0. The maximum Gasteiger partial charge on any atom is 0.255 e. The van der Waals surface area contributed by atoms with E-state index in [4.69, 9.17) is 10.5 Å². The van der Waals surface area contributed by atoms with Gasteiger partial charge in [0.2, 0.25) is 0 Å². The molecule has 2 rings (SSSR count). The summed E-state index contributed by atoms with van der Waals surface area (Å²) in [5.41, 5.74) is 7.95. The number of benzene rings is 2. The number of anilines is 1. The van der Waals surface area contributed by atoms with Gasteiger partial charge in [0, 0.05) is 17.3 Å². The Kier molecular flexibility index (Phi) is 5.35. The first-order chi connectivity index (χ1) is 10.2. The van der Waals surface area contributed by atoms with Crippen molar-refractivity contribution in [3.8, 4) is 5.75 Å². The summed E-state index contributed by atoms with van der Waals surface area (Å²) in [5.74, 6) is 0.606. The molecule has 0 aliphatic heterocycles. The van der Waals surface area contributed by atoms with E-state index >= 15 is 0 Å². The Labute approximate surface area is 124 Å². The zero-order valence-electron chi connectivity index (χ0n) is 12.1. The average Bonchev–Trinajstić information content (AvgIpc) is 2.48. The molecule has 110 valence electrons. The highest BCUT2D eigenvalue weighted by atomic mass is 16.5. The highest BCUT2D eigenvalue weighted by Gasteiger charge is 2.07. The first-order valence-electron chi connectivity index (χ1n) is 7.06. The Morgan fingerprint density at radius 2 is 2.00 bits per heavy atom. The lowest BCUT2D eigenvalue weighted by atomic mass is 10.1. The molecule has 2 aromatic rings. The number of nitrogens with two attached hydrogens (primary N) is 1. The number of hydrogen-bond acceptors (Lipinski definition) is 3. The van der Waals surface area contributed by atoms with E-state index in [1.54, 1.807) is 6.07 Å². The van der Waals surface area contributed by atoms with Crippen molar-refractivity contribution in [3.05, 3.63) is 59.7 Å². The van der Waals surface area contributed by atoms with Gasteiger partial charge in [-0.25, -0.2) is 0 Å². The summed E-state index contributed by atoms with van der Waals surface area (Å²) < 4.78 is 5.42. The standard InChI is InChI=1S/C17H20N2O2/c1-2-21-16-8-4-7-15(12-16)19-17(20)14-6-3-5-13(11-14)9-10-18/h3-8,11-12H,2,9-10,18H2,1H3,(H,19,20). The van der Waals surface area contributed by atoms with E-state index in [9.17, 15) is 4.79 Å². The number of hydrogen-bond donors (Lipinski definition) is 2. The molecule has 21 heavy (non-hydrogen) atoms. The zero-order chi connectivity index (χ0) is 15.1. The fraction of sp³-hybridized carbons (Fsp3) is 0.235. The molecule has 2 aromatic carbocycles. The molecule has 0 saturated heterocycles. The number of ether oxygens (including phenoxy) is 1. The van der Waals surface area contributed by atoms with Crippen LogP contribution in [-0.2, 0) is 6.42 Å². The van der Waals surface area contributed by atoms with Gasteiger partial charge in [0.15, 0.2) is 0 Å². The summed E-state index contributed by atoms with van der Waals surface area (Å²) in [6.07, 6.45) is 0.765. The Bertz CT molecular complexity index is 611. The van der Waals surface area contributed by atoms with Gasteiger partial charge in [-0.05, 0) is 49.7 Å². The first kappa shape index (κ1) is 15.1. The first-order valence-corrected chi connectivity index (χ1v) is 7.06. The highest BCUT2D eigenvalue weighted by molar-refractivity contribution is 6.04. The smallest absolute Gasteiger partial charge is 0.255 e. The predicted octanol–water partition coefficient (Wildman–Crippen LogP) is 2.84. The van der Waals surface area contributed by atoms with Gasteiger partial charge < -0.3 is 15.8 Å². The van der Waals surface area contributed by atoms with E-state index in [2.05, 4.69) is 5.32 Å². The molecule has 0 saturated carbocycles. The van der Waals surface area contributed by atoms with Crippen molar-refractivity contribution in [2.75, 3.05) is 18.5 Å². The van der Waals surface area contributed by atoms with E-state index < -0.39 is 0 Å². The Hall–Kier alpha value is -2.33.